The zero-order chi connectivity index (χ0) is 17.8. The topological polar surface area (TPSA) is 0 Å². The Morgan fingerprint density at radius 1 is 0.724 bits per heavy atom. The summed E-state index contributed by atoms with van der Waals surface area (Å²) in [6.07, 6.45) is 2.43. The summed E-state index contributed by atoms with van der Waals surface area (Å²) in [5, 5.41) is 3.10. The van der Waals surface area contributed by atoms with Gasteiger partial charge < -0.3 is 37.2 Å². The van der Waals surface area contributed by atoms with Gasteiger partial charge in [-0.1, -0.05) is 118 Å². The molecule has 0 aromatic heterocycles. The molecule has 0 bridgehead atoms. The molecule has 0 nitrogen and oxygen atoms in total. The van der Waals surface area contributed by atoms with Crippen LogP contribution in [0.5, 0.6) is 0 Å². The van der Waals surface area contributed by atoms with Gasteiger partial charge in [0, 0.05) is 0 Å². The molecule has 0 fully saturated rings. The van der Waals surface area contributed by atoms with Crippen LogP contribution in [-0.2, 0) is 34.2 Å². The fourth-order valence-corrected chi connectivity index (χ4v) is 7.25. The van der Waals surface area contributed by atoms with Crippen LogP contribution in [0.2, 0.25) is 0 Å². The first-order chi connectivity index (χ1) is 12.1. The van der Waals surface area contributed by atoms with Crippen molar-refractivity contribution >= 4 is 19.2 Å². The van der Waals surface area contributed by atoms with Crippen LogP contribution in [0.4, 0.5) is 0 Å². The summed E-state index contributed by atoms with van der Waals surface area (Å²) in [7, 11) is -1.27. The van der Waals surface area contributed by atoms with E-state index in [2.05, 4.69) is 88.4 Å². The van der Waals surface area contributed by atoms with Crippen molar-refractivity contribution in [3.8, 4) is 0 Å². The van der Waals surface area contributed by atoms with Gasteiger partial charge in [0.2, 0.25) is 0 Å². The van der Waals surface area contributed by atoms with Crippen LogP contribution in [-0.4, -0.2) is 8.80 Å². The summed E-state index contributed by atoms with van der Waals surface area (Å²) in [4.78, 5) is 0. The van der Waals surface area contributed by atoms with Crippen LogP contribution >= 0.6 is 0 Å². The van der Waals surface area contributed by atoms with E-state index in [1.165, 1.54) is 35.6 Å². The fourth-order valence-electron chi connectivity index (χ4n) is 4.05. The van der Waals surface area contributed by atoms with E-state index in [4.69, 9.17) is 0 Å². The van der Waals surface area contributed by atoms with Gasteiger partial charge >= 0.3 is 21.7 Å². The van der Waals surface area contributed by atoms with Crippen molar-refractivity contribution in [1.29, 1.82) is 0 Å². The maximum atomic E-state index is 2.33. The molecule has 0 aliphatic heterocycles. The molecule has 0 aliphatic rings. The Bertz CT molecular complexity index is 793. The second-order valence-corrected chi connectivity index (χ2v) is 10.0. The number of rotatable bonds is 6. The third-order valence-electron chi connectivity index (χ3n) is 5.71. The molecule has 29 heavy (non-hydrogen) atoms. The summed E-state index contributed by atoms with van der Waals surface area (Å²) < 4.78 is 0. The van der Waals surface area contributed by atoms with E-state index in [0.717, 1.165) is 0 Å². The molecule has 5 heteroatoms. The minimum absolute atomic E-state index is 0. The average molecular weight is 500 g/mol. The van der Waals surface area contributed by atoms with Gasteiger partial charge in [-0.25, -0.2) is 0 Å². The molecule has 0 unspecified atom stereocenters. The van der Waals surface area contributed by atoms with Crippen molar-refractivity contribution in [3.05, 3.63) is 88.5 Å². The van der Waals surface area contributed by atoms with E-state index >= 15 is 0 Å². The van der Waals surface area contributed by atoms with E-state index in [9.17, 15) is 0 Å². The first-order valence-electron chi connectivity index (χ1n) is 9.47. The van der Waals surface area contributed by atoms with Crippen LogP contribution in [0, 0.1) is 20.8 Å². The van der Waals surface area contributed by atoms with E-state index < -0.39 is 8.80 Å². The smallest absolute Gasteiger partial charge is 1.00 e. The van der Waals surface area contributed by atoms with Gasteiger partial charge in [-0.05, 0) is 0 Å². The normalized spacial score (nSPS) is 9.69. The number of benzene rings is 2. The molecule has 3 aromatic rings. The van der Waals surface area contributed by atoms with Gasteiger partial charge in [-0.3, -0.25) is 0 Å². The standard InChI is InChI=1S/C24H29Si.3ClH.Ti/c1-5-12-23-19(3)18(2)20(4)24(23)17-25(21-13-8-6-9-14-21)22-15-10-7-11-16-22;;;;/h6-11,13-16,25H,5,12,17H2,1-4H3;3*1H;/q-1;;;;+4/p-3. The van der Waals surface area contributed by atoms with Crippen molar-refractivity contribution in [2.24, 2.45) is 0 Å². The molecule has 0 N–H and O–H groups in total. The summed E-state index contributed by atoms with van der Waals surface area (Å²) >= 11 is 0. The van der Waals surface area contributed by atoms with Gasteiger partial charge in [0.15, 0.2) is 0 Å². The molecule has 3 rings (SSSR count). The molecule has 0 saturated carbocycles. The molecule has 3 aromatic carbocycles. The summed E-state index contributed by atoms with van der Waals surface area (Å²) in [5.41, 5.74) is 7.84. The predicted octanol–water partition coefficient (Wildman–Crippen LogP) is -4.58. The van der Waals surface area contributed by atoms with E-state index in [1.807, 2.05) is 0 Å². The molecule has 0 radical (unpaired) electrons. The number of hydrogen-bond donors (Lipinski definition) is 0. The Hall–Kier alpha value is -0.409. The zero-order valence-corrected chi connectivity index (χ0v) is 22.6. The largest absolute Gasteiger partial charge is 4.00 e. The zero-order valence-electron chi connectivity index (χ0n) is 17.6. The van der Waals surface area contributed by atoms with Gasteiger partial charge in [0.1, 0.15) is 0 Å². The Morgan fingerprint density at radius 2 is 1.17 bits per heavy atom. The third kappa shape index (κ3) is 7.06. The molecule has 0 saturated heterocycles. The summed E-state index contributed by atoms with van der Waals surface area (Å²) in [5.74, 6) is 0. The monoisotopic (exact) mass is 498 g/mol. The van der Waals surface area contributed by atoms with E-state index in [1.54, 1.807) is 21.5 Å². The summed E-state index contributed by atoms with van der Waals surface area (Å²) in [6.45, 7) is 9.25. The van der Waals surface area contributed by atoms with Crippen LogP contribution in [0.15, 0.2) is 60.7 Å². The molecule has 0 aliphatic carbocycles. The van der Waals surface area contributed by atoms with Crippen LogP contribution in [0.3, 0.4) is 0 Å². The Morgan fingerprint density at radius 3 is 1.59 bits per heavy atom. The quantitative estimate of drug-likeness (QED) is 0.237. The average Bonchev–Trinajstić information content (AvgIpc) is 2.85. The van der Waals surface area contributed by atoms with Gasteiger partial charge in [0.05, 0.1) is 8.80 Å². The Kier molecular flexibility index (Phi) is 15.5. The minimum Gasteiger partial charge on any atom is -1.00 e. The molecular formula is C24H29Cl3SiTi. The predicted molar refractivity (Wildman–Crippen MR) is 113 cm³/mol. The SMILES string of the molecule is CCCc1c(C)c(C)c(C)[c-]1C[SiH](c1ccccc1)c1ccccc1.[Cl-].[Cl-].[Cl-].[Ti+4]. The first-order valence-corrected chi connectivity index (χ1v) is 11.4. The van der Waals surface area contributed by atoms with Crippen molar-refractivity contribution in [1.82, 2.24) is 0 Å². The van der Waals surface area contributed by atoms with E-state index in [0.29, 0.717) is 0 Å². The van der Waals surface area contributed by atoms with Crippen LogP contribution in [0.1, 0.15) is 41.2 Å². The third-order valence-corrected chi connectivity index (χ3v) is 8.90. The number of halogens is 3. The Balaban J connectivity index is 0. The van der Waals surface area contributed by atoms with Crippen molar-refractivity contribution in [2.75, 3.05) is 0 Å². The van der Waals surface area contributed by atoms with Gasteiger partial charge in [-0.2, -0.15) is 27.8 Å². The molecule has 0 atom stereocenters. The number of hydrogen-bond acceptors (Lipinski definition) is 0. The fraction of sp³-hybridized carbons (Fsp3) is 0.292. The van der Waals surface area contributed by atoms with E-state index in [-0.39, 0.29) is 58.9 Å². The maximum absolute atomic E-state index is 2.33. The Labute approximate surface area is 212 Å². The second kappa shape index (κ2) is 14.6. The second-order valence-electron chi connectivity index (χ2n) is 7.16. The molecule has 154 valence electrons. The molecule has 0 amide bonds. The molecule has 0 heterocycles. The molecule has 0 spiro atoms. The minimum atomic E-state index is -1.27. The summed E-state index contributed by atoms with van der Waals surface area (Å²) in [6, 6.07) is 23.6. The van der Waals surface area contributed by atoms with Gasteiger partial charge in [0.25, 0.3) is 0 Å². The van der Waals surface area contributed by atoms with Crippen LogP contribution < -0.4 is 47.6 Å². The van der Waals surface area contributed by atoms with Gasteiger partial charge in [-0.15, -0.1) is 0 Å². The maximum Gasteiger partial charge on any atom is 4.00 e. The van der Waals surface area contributed by atoms with Crippen molar-refractivity contribution < 1.29 is 58.9 Å². The van der Waals surface area contributed by atoms with Crippen LogP contribution in [0.25, 0.3) is 0 Å². The first kappa shape index (κ1) is 30.8. The molecular weight excluding hydrogens is 471 g/mol. The van der Waals surface area contributed by atoms with Crippen molar-refractivity contribution in [3.63, 3.8) is 0 Å². The van der Waals surface area contributed by atoms with Crippen molar-refractivity contribution in [2.45, 2.75) is 46.6 Å².